The van der Waals surface area contributed by atoms with Crippen molar-refractivity contribution in [3.63, 3.8) is 0 Å². The topological polar surface area (TPSA) is 78.9 Å². The molecule has 0 rings (SSSR count). The molecule has 0 saturated heterocycles. The lowest BCUT2D eigenvalue weighted by molar-refractivity contribution is -0.167. The Bertz CT molecular complexity index is 1720. The third kappa shape index (κ3) is 59.9. The van der Waals surface area contributed by atoms with Gasteiger partial charge in [-0.25, -0.2) is 0 Å². The highest BCUT2D eigenvalue weighted by atomic mass is 16.6. The average Bonchev–Trinajstić information content (AvgIpc) is 3.42. The highest BCUT2D eigenvalue weighted by molar-refractivity contribution is 5.71. The van der Waals surface area contributed by atoms with E-state index in [2.05, 4.69) is 179 Å². The molecule has 0 saturated carbocycles. The molecule has 6 nitrogen and oxygen atoms in total. The van der Waals surface area contributed by atoms with Crippen LogP contribution in [0, 0.1) is 0 Å². The monoisotopic (exact) mass is 1050 g/mol. The summed E-state index contributed by atoms with van der Waals surface area (Å²) in [6, 6.07) is 0. The van der Waals surface area contributed by atoms with Crippen LogP contribution in [0.2, 0.25) is 0 Å². The molecule has 0 aliphatic carbocycles. The molecule has 0 aliphatic heterocycles. The fourth-order valence-corrected chi connectivity index (χ4v) is 7.79. The minimum absolute atomic E-state index is 0.104. The fraction of sp³-hybridized carbons (Fsp3) is 0.586. The number of unbranched alkanes of at least 4 members (excludes halogenated alkanes) is 16. The summed E-state index contributed by atoms with van der Waals surface area (Å²) >= 11 is 0. The van der Waals surface area contributed by atoms with Crippen LogP contribution >= 0.6 is 0 Å². The summed E-state index contributed by atoms with van der Waals surface area (Å²) in [5.41, 5.74) is 0. The minimum atomic E-state index is -0.808. The average molecular weight is 1050 g/mol. The van der Waals surface area contributed by atoms with Gasteiger partial charge in [-0.1, -0.05) is 262 Å². The Morgan fingerprint density at radius 2 is 0.526 bits per heavy atom. The van der Waals surface area contributed by atoms with E-state index in [1.54, 1.807) is 0 Å². The molecule has 0 spiro atoms. The third-order valence-corrected chi connectivity index (χ3v) is 12.3. The van der Waals surface area contributed by atoms with E-state index in [4.69, 9.17) is 14.2 Å². The largest absolute Gasteiger partial charge is 0.462 e. The van der Waals surface area contributed by atoms with Gasteiger partial charge in [0.1, 0.15) is 13.2 Å². The van der Waals surface area contributed by atoms with E-state index >= 15 is 0 Å². The first-order valence-electron chi connectivity index (χ1n) is 30.5. The first-order chi connectivity index (χ1) is 37.5. The molecule has 76 heavy (non-hydrogen) atoms. The van der Waals surface area contributed by atoms with Gasteiger partial charge in [0.2, 0.25) is 0 Å². The number of hydrogen-bond acceptors (Lipinski definition) is 6. The van der Waals surface area contributed by atoms with E-state index in [-0.39, 0.29) is 37.5 Å². The standard InChI is InChI=1S/C70H110O6/c1-4-7-10-13-16-18-20-22-24-26-28-30-32-33-34-35-36-37-39-40-42-44-46-48-50-52-54-57-60-63-69(72)75-66-67(65-74-68(71)62-59-56-15-12-9-6-3)76-70(73)64-61-58-55-53-51-49-47-45-43-41-38-31-29-27-25-23-21-19-17-14-11-8-5-2/h7-8,10-11,16-19,22-25,28-31,33-34,36-37,40,42,46,48,52,54,67H,4-6,9,12-15,20-21,26-27,32,35,38-39,41,43-45,47,49-51,53,55-66H2,1-3H3/b10-7-,11-8-,18-16-,19-17-,24-22-,25-23-,30-28-,31-29-,34-33-,37-36-,42-40-,48-46-,54-52-. The zero-order chi connectivity index (χ0) is 55.0. The van der Waals surface area contributed by atoms with E-state index in [1.807, 2.05) is 0 Å². The highest BCUT2D eigenvalue weighted by Gasteiger charge is 2.19. The highest BCUT2D eigenvalue weighted by Crippen LogP contribution is 2.14. The number of esters is 3. The Morgan fingerprint density at radius 1 is 0.276 bits per heavy atom. The summed E-state index contributed by atoms with van der Waals surface area (Å²) in [5, 5.41) is 0. The number of hydrogen-bond donors (Lipinski definition) is 0. The molecule has 0 aromatic heterocycles. The van der Waals surface area contributed by atoms with Crippen LogP contribution in [0.5, 0.6) is 0 Å². The number of carbonyl (C=O) groups excluding carboxylic acids is 3. The molecule has 0 heterocycles. The van der Waals surface area contributed by atoms with E-state index in [1.165, 1.54) is 70.6 Å². The van der Waals surface area contributed by atoms with Crippen LogP contribution in [0.15, 0.2) is 158 Å². The molecule has 1 unspecified atom stereocenters. The van der Waals surface area contributed by atoms with Gasteiger partial charge in [0.25, 0.3) is 0 Å². The van der Waals surface area contributed by atoms with Crippen LogP contribution in [-0.2, 0) is 28.6 Å². The van der Waals surface area contributed by atoms with Crippen LogP contribution in [-0.4, -0.2) is 37.2 Å². The second-order valence-corrected chi connectivity index (χ2v) is 19.5. The predicted molar refractivity (Wildman–Crippen MR) is 329 cm³/mol. The second-order valence-electron chi connectivity index (χ2n) is 19.5. The zero-order valence-electron chi connectivity index (χ0n) is 48.7. The molecule has 0 fully saturated rings. The fourth-order valence-electron chi connectivity index (χ4n) is 7.79. The molecule has 0 aliphatic rings. The first-order valence-corrected chi connectivity index (χ1v) is 30.5. The Balaban J connectivity index is 4.27. The van der Waals surface area contributed by atoms with Gasteiger partial charge in [0.15, 0.2) is 6.10 Å². The molecule has 0 aromatic carbocycles. The lowest BCUT2D eigenvalue weighted by atomic mass is 10.0. The van der Waals surface area contributed by atoms with Crippen LogP contribution in [0.4, 0.5) is 0 Å². The van der Waals surface area contributed by atoms with Gasteiger partial charge in [-0.15, -0.1) is 0 Å². The maximum Gasteiger partial charge on any atom is 0.306 e. The molecular formula is C70H110O6. The van der Waals surface area contributed by atoms with E-state index < -0.39 is 6.10 Å². The van der Waals surface area contributed by atoms with Gasteiger partial charge in [0, 0.05) is 19.3 Å². The van der Waals surface area contributed by atoms with Gasteiger partial charge >= 0.3 is 17.9 Å². The Labute approximate surface area is 467 Å². The van der Waals surface area contributed by atoms with Crippen molar-refractivity contribution in [2.24, 2.45) is 0 Å². The summed E-state index contributed by atoms with van der Waals surface area (Å²) in [6.07, 6.45) is 91.4. The minimum Gasteiger partial charge on any atom is -0.462 e. The third-order valence-electron chi connectivity index (χ3n) is 12.3. The summed E-state index contributed by atoms with van der Waals surface area (Å²) in [5.74, 6) is -0.987. The Kier molecular flexibility index (Phi) is 58.5. The van der Waals surface area contributed by atoms with Gasteiger partial charge in [-0.3, -0.25) is 14.4 Å². The van der Waals surface area contributed by atoms with Crippen molar-refractivity contribution in [3.8, 4) is 0 Å². The van der Waals surface area contributed by atoms with Crippen molar-refractivity contribution in [3.05, 3.63) is 158 Å². The Hall–Kier alpha value is -4.97. The van der Waals surface area contributed by atoms with Gasteiger partial charge < -0.3 is 14.2 Å². The second kappa shape index (κ2) is 62.6. The van der Waals surface area contributed by atoms with Crippen molar-refractivity contribution < 1.29 is 28.6 Å². The quantitative estimate of drug-likeness (QED) is 0.0261. The molecule has 0 radical (unpaired) electrons. The summed E-state index contributed by atoms with van der Waals surface area (Å²) in [4.78, 5) is 37.9. The van der Waals surface area contributed by atoms with E-state index in [9.17, 15) is 14.4 Å². The van der Waals surface area contributed by atoms with Crippen LogP contribution in [0.1, 0.15) is 245 Å². The molecule has 6 heteroatoms. The summed E-state index contributed by atoms with van der Waals surface area (Å²) < 4.78 is 16.7. The van der Waals surface area contributed by atoms with Gasteiger partial charge in [-0.2, -0.15) is 0 Å². The van der Waals surface area contributed by atoms with Crippen molar-refractivity contribution in [1.82, 2.24) is 0 Å². The first kappa shape index (κ1) is 71.0. The number of allylic oxidation sites excluding steroid dienone is 26. The van der Waals surface area contributed by atoms with Crippen molar-refractivity contribution in [2.45, 2.75) is 252 Å². The van der Waals surface area contributed by atoms with Crippen LogP contribution in [0.25, 0.3) is 0 Å². The lowest BCUT2D eigenvalue weighted by Gasteiger charge is -2.18. The van der Waals surface area contributed by atoms with Crippen molar-refractivity contribution in [1.29, 1.82) is 0 Å². The molecule has 0 aromatic rings. The summed E-state index contributed by atoms with van der Waals surface area (Å²) in [6.45, 7) is 6.29. The number of carbonyl (C=O) groups is 3. The normalized spacial score (nSPS) is 13.2. The summed E-state index contributed by atoms with van der Waals surface area (Å²) in [7, 11) is 0. The molecular weight excluding hydrogens is 937 g/mol. The maximum atomic E-state index is 12.8. The van der Waals surface area contributed by atoms with E-state index in [0.29, 0.717) is 19.3 Å². The molecule has 0 N–H and O–H groups in total. The molecule has 426 valence electrons. The van der Waals surface area contributed by atoms with Crippen molar-refractivity contribution in [2.75, 3.05) is 13.2 Å². The lowest BCUT2D eigenvalue weighted by Crippen LogP contribution is -2.30. The van der Waals surface area contributed by atoms with Crippen LogP contribution < -0.4 is 0 Å². The number of rotatable bonds is 53. The maximum absolute atomic E-state index is 12.8. The smallest absolute Gasteiger partial charge is 0.306 e. The van der Waals surface area contributed by atoms with Gasteiger partial charge in [0.05, 0.1) is 0 Å². The van der Waals surface area contributed by atoms with Gasteiger partial charge in [-0.05, 0) is 122 Å². The molecule has 1 atom stereocenters. The van der Waals surface area contributed by atoms with E-state index in [0.717, 1.165) is 128 Å². The van der Waals surface area contributed by atoms with Crippen LogP contribution in [0.3, 0.4) is 0 Å². The zero-order valence-corrected chi connectivity index (χ0v) is 48.7. The molecule has 0 amide bonds. The molecule has 0 bridgehead atoms. The predicted octanol–water partition coefficient (Wildman–Crippen LogP) is 20.9. The SMILES string of the molecule is CC/C=C\C/C=C\C/C=C\C/C=C\C/C=C\C/C=C\C/C=C\C/C=C\C/C=C\CCCC(=O)OCC(COC(=O)CCCCCCCC)OC(=O)CCCCCCCCCCCC/C=C\C/C=C\C/C=C\C/C=C\CC. The van der Waals surface area contributed by atoms with Crippen molar-refractivity contribution >= 4 is 17.9 Å². The Morgan fingerprint density at radius 3 is 0.855 bits per heavy atom. The number of ether oxygens (including phenoxy) is 3.